The van der Waals surface area contributed by atoms with Gasteiger partial charge in [-0.05, 0) is 124 Å². The summed E-state index contributed by atoms with van der Waals surface area (Å²) in [4.78, 5) is 14.0. The van der Waals surface area contributed by atoms with E-state index < -0.39 is 17.8 Å². The summed E-state index contributed by atoms with van der Waals surface area (Å²) < 4.78 is 26.0. The summed E-state index contributed by atoms with van der Waals surface area (Å²) in [6.45, 7) is 22.5. The molecule has 268 valence electrons. The Kier molecular flexibility index (Phi) is 8.48. The number of aliphatic hydroxyl groups excluding tert-OH is 1. The SMILES string of the molecule is CCO[C@@H]([C@H]1C[C@@H](C)[C@H]2[C@H](O1)[C@H](O)[C@@]1(C)[C@@H]3CC[C@H]4C(C)(C)[C@@H](O[C@H]5CN(CC(C)=O)CCO5)CC[C@@]45C[C@@]35CC[C@]21C)C(C)(C)O. The van der Waals surface area contributed by atoms with Crippen LogP contribution in [-0.2, 0) is 23.7 Å². The Bertz CT molecular complexity index is 1220. The van der Waals surface area contributed by atoms with Gasteiger partial charge in [-0.15, -0.1) is 0 Å². The number of ketones is 1. The van der Waals surface area contributed by atoms with Crippen molar-refractivity contribution in [2.45, 2.75) is 156 Å². The Morgan fingerprint density at radius 1 is 1.06 bits per heavy atom. The van der Waals surface area contributed by atoms with Crippen LogP contribution in [0.3, 0.4) is 0 Å². The van der Waals surface area contributed by atoms with E-state index in [1.54, 1.807) is 6.92 Å². The molecular formula is C39H65NO7. The lowest BCUT2D eigenvalue weighted by Crippen LogP contribution is -2.60. The molecule has 2 heterocycles. The topological polar surface area (TPSA) is 97.7 Å². The number of nitrogens with zero attached hydrogens (tertiary/aromatic N) is 1. The summed E-state index contributed by atoms with van der Waals surface area (Å²) in [6.07, 6.45) is 7.56. The van der Waals surface area contributed by atoms with Crippen LogP contribution in [0.5, 0.6) is 0 Å². The van der Waals surface area contributed by atoms with E-state index in [0.717, 1.165) is 32.2 Å². The van der Waals surface area contributed by atoms with Crippen LogP contribution in [0.4, 0.5) is 0 Å². The minimum atomic E-state index is -1.02. The zero-order chi connectivity index (χ0) is 33.9. The Morgan fingerprint density at radius 3 is 2.45 bits per heavy atom. The summed E-state index contributed by atoms with van der Waals surface area (Å²) >= 11 is 0. The molecule has 0 amide bonds. The first kappa shape index (κ1) is 34.8. The van der Waals surface area contributed by atoms with Crippen molar-refractivity contribution in [1.29, 1.82) is 0 Å². The molecule has 7 aliphatic rings. The number of Topliss-reactive ketones (excluding diaryl/α,β-unsaturated/α-hetero) is 1. The standard InChI is InChI=1S/C39H65NO7/c1-10-44-33(35(6,7)43)25-19-23(2)30-31(46-25)32(42)37(9)27-12-11-26-34(4,5)28(47-29-21-40(17-18-45-29)20-24(3)41)13-14-38(26)22-39(27,38)16-15-36(30,37)8/h23,25-33,42-43H,10-22H2,1-9H3/t23-,25-,26+,27+,28+,29+,30+,31+,32+,33+,36-,37-,38-,39+/m1/s1. The molecule has 2 N–H and O–H groups in total. The Balaban J connectivity index is 1.12. The number of carbonyl (C=O) groups is 1. The largest absolute Gasteiger partial charge is 0.390 e. The van der Waals surface area contributed by atoms with E-state index >= 15 is 0 Å². The van der Waals surface area contributed by atoms with Gasteiger partial charge < -0.3 is 29.2 Å². The van der Waals surface area contributed by atoms with E-state index in [4.69, 9.17) is 18.9 Å². The maximum atomic E-state index is 12.6. The molecule has 5 aliphatic carbocycles. The Hall–Kier alpha value is -0.610. The summed E-state index contributed by atoms with van der Waals surface area (Å²) in [5.41, 5.74) is -0.609. The van der Waals surface area contributed by atoms with Crippen molar-refractivity contribution in [3.05, 3.63) is 0 Å². The predicted octanol–water partition coefficient (Wildman–Crippen LogP) is 5.61. The van der Waals surface area contributed by atoms with Gasteiger partial charge in [0.05, 0.1) is 49.7 Å². The van der Waals surface area contributed by atoms with Crippen LogP contribution < -0.4 is 0 Å². The maximum Gasteiger partial charge on any atom is 0.170 e. The van der Waals surface area contributed by atoms with Crippen molar-refractivity contribution in [1.82, 2.24) is 4.90 Å². The molecule has 7 rings (SSSR count). The summed E-state index contributed by atoms with van der Waals surface area (Å²) in [5, 5.41) is 23.6. The van der Waals surface area contributed by atoms with Gasteiger partial charge in [0.2, 0.25) is 0 Å². The van der Waals surface area contributed by atoms with Crippen LogP contribution in [0, 0.1) is 50.7 Å². The molecular weight excluding hydrogens is 594 g/mol. The second-order valence-corrected chi connectivity index (χ2v) is 18.9. The van der Waals surface area contributed by atoms with Gasteiger partial charge in [-0.2, -0.15) is 0 Å². The first-order chi connectivity index (χ1) is 22.0. The zero-order valence-electron chi connectivity index (χ0n) is 30.8. The number of fused-ring (bicyclic) bond motifs is 4. The summed E-state index contributed by atoms with van der Waals surface area (Å²) in [6, 6.07) is 0. The molecule has 0 aromatic rings. The highest BCUT2D eigenvalue weighted by Crippen LogP contribution is 2.89. The molecule has 2 aliphatic heterocycles. The van der Waals surface area contributed by atoms with Gasteiger partial charge in [0.15, 0.2) is 6.29 Å². The lowest BCUT2D eigenvalue weighted by atomic mass is 9.41. The molecule has 0 aromatic heterocycles. The lowest BCUT2D eigenvalue weighted by Gasteiger charge is -2.64. The van der Waals surface area contributed by atoms with E-state index in [1.165, 1.54) is 25.7 Å². The highest BCUT2D eigenvalue weighted by atomic mass is 16.7. The second kappa shape index (κ2) is 11.4. The van der Waals surface area contributed by atoms with Crippen molar-refractivity contribution >= 4 is 5.78 Å². The Labute approximate surface area is 284 Å². The molecule has 2 saturated heterocycles. The van der Waals surface area contributed by atoms with Gasteiger partial charge in [-0.3, -0.25) is 9.69 Å². The molecule has 0 aromatic carbocycles. The molecule has 5 saturated carbocycles. The number of rotatable bonds is 8. The first-order valence-electron chi connectivity index (χ1n) is 19.1. The van der Waals surface area contributed by atoms with E-state index in [0.29, 0.717) is 55.4 Å². The second-order valence-electron chi connectivity index (χ2n) is 18.9. The van der Waals surface area contributed by atoms with Crippen molar-refractivity contribution in [2.24, 2.45) is 50.7 Å². The molecule has 0 bridgehead atoms. The molecule has 2 spiro atoms. The van der Waals surface area contributed by atoms with Gasteiger partial charge in [0.25, 0.3) is 0 Å². The third-order valence-corrected chi connectivity index (χ3v) is 16.0. The molecule has 8 nitrogen and oxygen atoms in total. The van der Waals surface area contributed by atoms with Gasteiger partial charge in [0, 0.05) is 18.6 Å². The van der Waals surface area contributed by atoms with Crippen molar-refractivity contribution < 1.29 is 34.0 Å². The third-order valence-electron chi connectivity index (χ3n) is 16.0. The molecule has 47 heavy (non-hydrogen) atoms. The monoisotopic (exact) mass is 659 g/mol. The molecule has 0 unspecified atom stereocenters. The third kappa shape index (κ3) is 4.88. The maximum absolute atomic E-state index is 12.6. The molecule has 8 heteroatoms. The first-order valence-corrected chi connectivity index (χ1v) is 19.1. The summed E-state index contributed by atoms with van der Waals surface area (Å²) in [5.74, 6) is 1.94. The van der Waals surface area contributed by atoms with Gasteiger partial charge in [-0.1, -0.05) is 34.6 Å². The van der Waals surface area contributed by atoms with E-state index in [9.17, 15) is 15.0 Å². The fourth-order valence-electron chi connectivity index (χ4n) is 14.1. The number of hydrogen-bond acceptors (Lipinski definition) is 8. The number of hydrogen-bond donors (Lipinski definition) is 2. The lowest BCUT2D eigenvalue weighted by molar-refractivity contribution is -0.248. The van der Waals surface area contributed by atoms with Crippen LogP contribution >= 0.6 is 0 Å². The van der Waals surface area contributed by atoms with Crippen molar-refractivity contribution in [3.63, 3.8) is 0 Å². The number of carbonyl (C=O) groups excluding carboxylic acids is 1. The minimum Gasteiger partial charge on any atom is -0.390 e. The van der Waals surface area contributed by atoms with Crippen molar-refractivity contribution in [2.75, 3.05) is 32.8 Å². The van der Waals surface area contributed by atoms with Crippen molar-refractivity contribution in [3.8, 4) is 0 Å². The number of ether oxygens (including phenoxy) is 4. The van der Waals surface area contributed by atoms with Gasteiger partial charge >= 0.3 is 0 Å². The van der Waals surface area contributed by atoms with E-state index in [1.807, 2.05) is 20.8 Å². The minimum absolute atomic E-state index is 0.00371. The van der Waals surface area contributed by atoms with E-state index in [2.05, 4.69) is 39.5 Å². The highest BCUT2D eigenvalue weighted by molar-refractivity contribution is 5.77. The smallest absolute Gasteiger partial charge is 0.170 e. The van der Waals surface area contributed by atoms with E-state index in [-0.39, 0.29) is 52.0 Å². The van der Waals surface area contributed by atoms with Crippen LogP contribution in [0.15, 0.2) is 0 Å². The summed E-state index contributed by atoms with van der Waals surface area (Å²) in [7, 11) is 0. The fourth-order valence-corrected chi connectivity index (χ4v) is 14.1. The average molecular weight is 660 g/mol. The number of morpholine rings is 1. The Morgan fingerprint density at radius 2 is 1.77 bits per heavy atom. The van der Waals surface area contributed by atoms with Gasteiger partial charge in [0.1, 0.15) is 11.9 Å². The number of aliphatic hydroxyl groups is 2. The van der Waals surface area contributed by atoms with Crippen LogP contribution in [0.2, 0.25) is 0 Å². The van der Waals surface area contributed by atoms with Crippen LogP contribution in [-0.4, -0.2) is 96.2 Å². The van der Waals surface area contributed by atoms with Crippen LogP contribution in [0.1, 0.15) is 114 Å². The molecule has 7 fully saturated rings. The predicted molar refractivity (Wildman–Crippen MR) is 180 cm³/mol. The molecule has 0 radical (unpaired) electrons. The average Bonchev–Trinajstić information content (AvgIpc) is 3.61. The highest BCUT2D eigenvalue weighted by Gasteiger charge is 2.84. The quantitative estimate of drug-likeness (QED) is 0.347. The van der Waals surface area contributed by atoms with Crippen LogP contribution in [0.25, 0.3) is 0 Å². The normalized spacial score (nSPS) is 51.2. The fraction of sp³-hybridized carbons (Fsp3) is 0.974. The molecule has 14 atom stereocenters. The zero-order valence-corrected chi connectivity index (χ0v) is 30.8. The van der Waals surface area contributed by atoms with Gasteiger partial charge in [-0.25, -0.2) is 0 Å².